The van der Waals surface area contributed by atoms with Gasteiger partial charge in [0.2, 0.25) is 15.9 Å². The third-order valence-electron chi connectivity index (χ3n) is 5.08. The molecule has 9 nitrogen and oxygen atoms in total. The quantitative estimate of drug-likeness (QED) is 0.589. The lowest BCUT2D eigenvalue weighted by Crippen LogP contribution is -2.41. The van der Waals surface area contributed by atoms with Gasteiger partial charge in [0.25, 0.3) is 0 Å². The number of hydrogen-bond acceptors (Lipinski definition) is 7. The van der Waals surface area contributed by atoms with Crippen LogP contribution in [0.25, 0.3) is 11.5 Å². The number of hydrogen-bond donors (Lipinski definition) is 0. The Labute approximate surface area is 175 Å². The number of aromatic nitrogens is 3. The molecule has 1 saturated heterocycles. The van der Waals surface area contributed by atoms with Crippen LogP contribution in [0.2, 0.25) is 0 Å². The highest BCUT2D eigenvalue weighted by atomic mass is 32.2. The van der Waals surface area contributed by atoms with Gasteiger partial charge in [0.1, 0.15) is 22.6 Å². The number of nitrogens with zero attached hydrogens (tertiary/aromatic N) is 4. The van der Waals surface area contributed by atoms with Crippen molar-refractivity contribution in [1.82, 2.24) is 19.1 Å². The van der Waals surface area contributed by atoms with Gasteiger partial charge in [0.15, 0.2) is 0 Å². The molecule has 0 amide bonds. The summed E-state index contributed by atoms with van der Waals surface area (Å²) in [4.78, 5) is 4.77. The Morgan fingerprint density at radius 2 is 1.83 bits per heavy atom. The third-order valence-corrected chi connectivity index (χ3v) is 7.24. The van der Waals surface area contributed by atoms with Gasteiger partial charge in [-0.1, -0.05) is 0 Å². The van der Waals surface area contributed by atoms with Gasteiger partial charge in [-0.25, -0.2) is 13.4 Å². The van der Waals surface area contributed by atoms with Crippen molar-refractivity contribution in [3.8, 4) is 17.2 Å². The van der Waals surface area contributed by atoms with Gasteiger partial charge in [0.05, 0.1) is 38.3 Å². The zero-order valence-corrected chi connectivity index (χ0v) is 18.0. The monoisotopic (exact) mass is 432 g/mol. The van der Waals surface area contributed by atoms with E-state index in [1.165, 1.54) is 4.31 Å². The topological polar surface area (TPSA) is 99.7 Å². The number of methoxy groups -OCH3 is 1. The molecule has 30 heavy (non-hydrogen) atoms. The maximum Gasteiger partial charge on any atom is 0.246 e. The van der Waals surface area contributed by atoms with E-state index in [9.17, 15) is 8.42 Å². The van der Waals surface area contributed by atoms with Crippen LogP contribution in [-0.4, -0.2) is 60.9 Å². The van der Waals surface area contributed by atoms with E-state index in [1.807, 2.05) is 24.3 Å². The second kappa shape index (κ2) is 8.21. The minimum atomic E-state index is -3.62. The van der Waals surface area contributed by atoms with Gasteiger partial charge in [-0.05, 0) is 38.1 Å². The van der Waals surface area contributed by atoms with Gasteiger partial charge >= 0.3 is 0 Å². The molecule has 1 aliphatic heterocycles. The summed E-state index contributed by atoms with van der Waals surface area (Å²) in [5, 5.41) is 4.45. The zero-order valence-electron chi connectivity index (χ0n) is 17.2. The fourth-order valence-electron chi connectivity index (χ4n) is 3.52. The SMILES string of the molecule is COc1ccc(-c2nc(Cn3nc(C)c(S(=O)(=O)N4CCOCC4)c3C)co2)cc1. The zero-order chi connectivity index (χ0) is 21.3. The Bertz CT molecular complexity index is 1130. The summed E-state index contributed by atoms with van der Waals surface area (Å²) in [6.07, 6.45) is 1.56. The molecule has 1 fully saturated rings. The van der Waals surface area contributed by atoms with Gasteiger partial charge in [-0.15, -0.1) is 0 Å². The van der Waals surface area contributed by atoms with Crippen LogP contribution in [0.1, 0.15) is 17.1 Å². The highest BCUT2D eigenvalue weighted by Crippen LogP contribution is 2.26. The van der Waals surface area contributed by atoms with Crippen LogP contribution in [0.15, 0.2) is 39.8 Å². The molecule has 0 N–H and O–H groups in total. The van der Waals surface area contributed by atoms with E-state index in [1.54, 1.807) is 31.9 Å². The standard InChI is InChI=1S/C20H24N4O5S/c1-14-19(30(25,26)23-8-10-28-11-9-23)15(2)24(22-14)12-17-13-29-20(21-17)16-4-6-18(27-3)7-5-16/h4-7,13H,8-12H2,1-3H3. The van der Waals surface area contributed by atoms with Gasteiger partial charge in [0, 0.05) is 18.7 Å². The summed E-state index contributed by atoms with van der Waals surface area (Å²) in [7, 11) is -2.01. The van der Waals surface area contributed by atoms with E-state index in [2.05, 4.69) is 10.1 Å². The predicted molar refractivity (Wildman–Crippen MR) is 109 cm³/mol. The molecule has 0 bridgehead atoms. The molecule has 0 atom stereocenters. The van der Waals surface area contributed by atoms with Crippen LogP contribution in [0.5, 0.6) is 5.75 Å². The highest BCUT2D eigenvalue weighted by molar-refractivity contribution is 7.89. The van der Waals surface area contributed by atoms with Crippen molar-refractivity contribution in [2.75, 3.05) is 33.4 Å². The normalized spacial score (nSPS) is 15.4. The molecule has 160 valence electrons. The first-order valence-electron chi connectivity index (χ1n) is 9.61. The largest absolute Gasteiger partial charge is 0.497 e. The molecule has 1 aliphatic rings. The Kier molecular flexibility index (Phi) is 5.63. The van der Waals surface area contributed by atoms with Crippen LogP contribution in [-0.2, 0) is 21.3 Å². The Hall–Kier alpha value is -2.69. The highest BCUT2D eigenvalue weighted by Gasteiger charge is 2.32. The number of aryl methyl sites for hydroxylation is 1. The van der Waals surface area contributed by atoms with E-state index in [-0.39, 0.29) is 4.90 Å². The van der Waals surface area contributed by atoms with Gasteiger partial charge in [-0.3, -0.25) is 4.68 Å². The lowest BCUT2D eigenvalue weighted by molar-refractivity contribution is 0.0730. The molecule has 4 rings (SSSR count). The average Bonchev–Trinajstić information content (AvgIpc) is 3.33. The van der Waals surface area contributed by atoms with E-state index in [4.69, 9.17) is 13.9 Å². The smallest absolute Gasteiger partial charge is 0.246 e. The fraction of sp³-hybridized carbons (Fsp3) is 0.400. The Morgan fingerprint density at radius 3 is 2.50 bits per heavy atom. The number of sulfonamides is 1. The van der Waals surface area contributed by atoms with Crippen molar-refractivity contribution in [2.45, 2.75) is 25.3 Å². The second-order valence-corrected chi connectivity index (χ2v) is 8.92. The number of benzene rings is 1. The summed E-state index contributed by atoms with van der Waals surface area (Å²) in [5.41, 5.74) is 2.53. The second-order valence-electron chi connectivity index (χ2n) is 7.05. The number of morpholine rings is 1. The summed E-state index contributed by atoms with van der Waals surface area (Å²) >= 11 is 0. The van der Waals surface area contributed by atoms with Gasteiger partial charge < -0.3 is 13.9 Å². The van der Waals surface area contributed by atoms with Crippen molar-refractivity contribution < 1.29 is 22.3 Å². The first-order valence-corrected chi connectivity index (χ1v) is 11.0. The van der Waals surface area contributed by atoms with Crippen molar-refractivity contribution >= 4 is 10.0 Å². The van der Waals surface area contributed by atoms with Crippen molar-refractivity contribution in [3.63, 3.8) is 0 Å². The van der Waals surface area contributed by atoms with Crippen LogP contribution >= 0.6 is 0 Å². The van der Waals surface area contributed by atoms with E-state index < -0.39 is 10.0 Å². The van der Waals surface area contributed by atoms with Crippen molar-refractivity contribution in [3.05, 3.63) is 47.6 Å². The lowest BCUT2D eigenvalue weighted by atomic mass is 10.2. The molecule has 2 aromatic heterocycles. The van der Waals surface area contributed by atoms with Gasteiger partial charge in [-0.2, -0.15) is 9.40 Å². The molecular weight excluding hydrogens is 408 g/mol. The van der Waals surface area contributed by atoms with E-state index in [0.717, 1.165) is 11.3 Å². The first kappa shape index (κ1) is 20.6. The first-order chi connectivity index (χ1) is 14.4. The molecule has 10 heteroatoms. The van der Waals surface area contributed by atoms with Crippen LogP contribution in [0.4, 0.5) is 0 Å². The summed E-state index contributed by atoms with van der Waals surface area (Å²) in [6.45, 7) is 5.28. The average molecular weight is 433 g/mol. The van der Waals surface area contributed by atoms with Crippen LogP contribution < -0.4 is 4.74 Å². The van der Waals surface area contributed by atoms with Crippen LogP contribution in [0.3, 0.4) is 0 Å². The Morgan fingerprint density at radius 1 is 1.13 bits per heavy atom. The molecular formula is C20H24N4O5S. The number of oxazole rings is 1. The predicted octanol–water partition coefficient (Wildman–Crippen LogP) is 2.23. The molecule has 0 saturated carbocycles. The summed E-state index contributed by atoms with van der Waals surface area (Å²) in [6, 6.07) is 7.40. The van der Waals surface area contributed by atoms with Crippen molar-refractivity contribution in [2.24, 2.45) is 0 Å². The Balaban J connectivity index is 1.57. The lowest BCUT2D eigenvalue weighted by Gasteiger charge is -2.26. The molecule has 1 aromatic carbocycles. The maximum absolute atomic E-state index is 13.1. The third kappa shape index (κ3) is 3.85. The fourth-order valence-corrected chi connectivity index (χ4v) is 5.30. The minimum absolute atomic E-state index is 0.253. The summed E-state index contributed by atoms with van der Waals surface area (Å²) in [5.74, 6) is 1.23. The number of ether oxygens (including phenoxy) is 2. The summed E-state index contributed by atoms with van der Waals surface area (Å²) < 4.78 is 45.4. The molecule has 0 aliphatic carbocycles. The molecule has 3 heterocycles. The van der Waals surface area contributed by atoms with Crippen molar-refractivity contribution in [1.29, 1.82) is 0 Å². The minimum Gasteiger partial charge on any atom is -0.497 e. The maximum atomic E-state index is 13.1. The molecule has 0 unspecified atom stereocenters. The molecule has 0 spiro atoms. The molecule has 3 aromatic rings. The van der Waals surface area contributed by atoms with E-state index in [0.29, 0.717) is 55.8 Å². The molecule has 0 radical (unpaired) electrons. The van der Waals surface area contributed by atoms with E-state index >= 15 is 0 Å². The number of rotatable bonds is 6. The van der Waals surface area contributed by atoms with Crippen LogP contribution in [0, 0.1) is 13.8 Å².